The lowest BCUT2D eigenvalue weighted by Gasteiger charge is -2.06. The van der Waals surface area contributed by atoms with Crippen LogP contribution in [0.25, 0.3) is 33.3 Å². The second-order valence-electron chi connectivity index (χ2n) is 7.03. The molecule has 0 saturated heterocycles. The quantitative estimate of drug-likeness (QED) is 0.524. The van der Waals surface area contributed by atoms with Crippen LogP contribution < -0.4 is 5.63 Å². The summed E-state index contributed by atoms with van der Waals surface area (Å²) >= 11 is 0. The van der Waals surface area contributed by atoms with Gasteiger partial charge in [0.2, 0.25) is 5.75 Å². The molecule has 6 heteroatoms. The van der Waals surface area contributed by atoms with E-state index < -0.39 is 11.6 Å². The maximum absolute atomic E-state index is 12.3. The van der Waals surface area contributed by atoms with Gasteiger partial charge in [-0.2, -0.15) is 0 Å². The predicted octanol–water partition coefficient (Wildman–Crippen LogP) is 4.03. The lowest BCUT2D eigenvalue weighted by Crippen LogP contribution is -2.07. The van der Waals surface area contributed by atoms with Gasteiger partial charge in [-0.05, 0) is 30.9 Å². The lowest BCUT2D eigenvalue weighted by molar-refractivity contribution is -0.136. The summed E-state index contributed by atoms with van der Waals surface area (Å²) < 4.78 is 11.3. The Morgan fingerprint density at radius 1 is 1.00 bits per heavy atom. The smallest absolute Gasteiger partial charge is 0.339 e. The number of aliphatic carboxylic acids is 1. The molecule has 28 heavy (non-hydrogen) atoms. The van der Waals surface area contributed by atoms with Crippen LogP contribution in [0.2, 0.25) is 0 Å². The van der Waals surface area contributed by atoms with Crippen LogP contribution in [-0.2, 0) is 24.1 Å². The first kappa shape index (κ1) is 16.6. The molecule has 0 unspecified atom stereocenters. The largest absolute Gasteiger partial charge is 0.502 e. The minimum absolute atomic E-state index is 0.0911. The van der Waals surface area contributed by atoms with Gasteiger partial charge in [-0.1, -0.05) is 30.3 Å². The second kappa shape index (κ2) is 5.99. The van der Waals surface area contributed by atoms with Crippen molar-refractivity contribution in [2.75, 3.05) is 0 Å². The van der Waals surface area contributed by atoms with Gasteiger partial charge in [0.15, 0.2) is 11.2 Å². The van der Waals surface area contributed by atoms with Crippen LogP contribution in [0.15, 0.2) is 50.0 Å². The van der Waals surface area contributed by atoms with Crippen molar-refractivity contribution in [1.82, 2.24) is 0 Å². The number of aryl methyl sites for hydroxylation is 1. The Morgan fingerprint density at radius 2 is 1.71 bits per heavy atom. The van der Waals surface area contributed by atoms with Gasteiger partial charge in [-0.15, -0.1) is 0 Å². The number of carboxylic acids is 1. The molecule has 2 heterocycles. The fourth-order valence-electron chi connectivity index (χ4n) is 4.14. The molecule has 0 spiro atoms. The van der Waals surface area contributed by atoms with Crippen LogP contribution in [0.4, 0.5) is 0 Å². The molecule has 4 aromatic rings. The number of hydrogen-bond acceptors (Lipinski definition) is 5. The van der Waals surface area contributed by atoms with Gasteiger partial charge in [0.1, 0.15) is 5.76 Å². The summed E-state index contributed by atoms with van der Waals surface area (Å²) in [6.45, 7) is 0. The molecule has 1 aliphatic carbocycles. The summed E-state index contributed by atoms with van der Waals surface area (Å²) in [5.41, 5.74) is 2.49. The molecule has 0 saturated carbocycles. The Morgan fingerprint density at radius 3 is 2.46 bits per heavy atom. The van der Waals surface area contributed by atoms with Crippen LogP contribution in [-0.4, -0.2) is 16.2 Å². The number of carbonyl (C=O) groups is 1. The zero-order valence-corrected chi connectivity index (χ0v) is 14.8. The average molecular weight is 376 g/mol. The van der Waals surface area contributed by atoms with E-state index in [1.54, 1.807) is 6.07 Å². The summed E-state index contributed by atoms with van der Waals surface area (Å²) in [6, 6.07) is 10.9. The SMILES string of the molecule is O=C(O)Cc1c(-c2ccccc2)oc2c(O)c3oc(=O)c4c(c3cc12)CCC4. The van der Waals surface area contributed by atoms with Gasteiger partial charge in [0.25, 0.3) is 0 Å². The molecule has 0 bridgehead atoms. The molecule has 140 valence electrons. The number of rotatable bonds is 3. The molecule has 5 rings (SSSR count). The van der Waals surface area contributed by atoms with Crippen molar-refractivity contribution in [3.8, 4) is 17.1 Å². The maximum atomic E-state index is 12.3. The van der Waals surface area contributed by atoms with Gasteiger partial charge in [0.05, 0.1) is 6.42 Å². The third kappa shape index (κ3) is 2.34. The molecule has 0 atom stereocenters. The summed E-state index contributed by atoms with van der Waals surface area (Å²) in [5, 5.41) is 21.4. The Hall–Kier alpha value is -3.54. The highest BCUT2D eigenvalue weighted by atomic mass is 16.4. The van der Waals surface area contributed by atoms with Crippen molar-refractivity contribution in [2.24, 2.45) is 0 Å². The van der Waals surface area contributed by atoms with E-state index in [0.717, 1.165) is 18.4 Å². The lowest BCUT2D eigenvalue weighted by atomic mass is 9.99. The van der Waals surface area contributed by atoms with E-state index in [2.05, 4.69) is 0 Å². The Bertz CT molecular complexity index is 1310. The van der Waals surface area contributed by atoms with Crippen molar-refractivity contribution < 1.29 is 23.8 Å². The van der Waals surface area contributed by atoms with Crippen molar-refractivity contribution in [1.29, 1.82) is 0 Å². The molecule has 2 aromatic heterocycles. The van der Waals surface area contributed by atoms with E-state index in [0.29, 0.717) is 39.6 Å². The zero-order chi connectivity index (χ0) is 19.4. The minimum atomic E-state index is -0.996. The highest BCUT2D eigenvalue weighted by Crippen LogP contribution is 2.43. The standard InChI is InChI=1S/C22H16O6/c23-17(24)10-16-15-9-14-12-7-4-8-13(12)22(26)28-21(14)18(25)20(15)27-19(16)11-5-2-1-3-6-11/h1-3,5-6,9,25H,4,7-8,10H2,(H,23,24). The summed E-state index contributed by atoms with van der Waals surface area (Å²) in [7, 11) is 0. The minimum Gasteiger partial charge on any atom is -0.502 e. The first-order chi connectivity index (χ1) is 13.5. The predicted molar refractivity (Wildman–Crippen MR) is 103 cm³/mol. The molecule has 2 N–H and O–H groups in total. The van der Waals surface area contributed by atoms with E-state index in [1.807, 2.05) is 30.3 Å². The summed E-state index contributed by atoms with van der Waals surface area (Å²) in [4.78, 5) is 23.8. The number of aromatic hydroxyl groups is 1. The molecule has 0 radical (unpaired) electrons. The topological polar surface area (TPSA) is 101 Å². The first-order valence-electron chi connectivity index (χ1n) is 9.07. The maximum Gasteiger partial charge on any atom is 0.339 e. The molecular formula is C22H16O6. The number of phenolic OH excluding ortho intramolecular Hbond substituents is 1. The Labute approximate surface area is 158 Å². The van der Waals surface area contributed by atoms with Crippen molar-refractivity contribution in [3.63, 3.8) is 0 Å². The normalized spacial score (nSPS) is 13.3. The number of furan rings is 1. The van der Waals surface area contributed by atoms with Gasteiger partial charge >= 0.3 is 11.6 Å². The summed E-state index contributed by atoms with van der Waals surface area (Å²) in [6.07, 6.45) is 1.97. The molecular weight excluding hydrogens is 360 g/mol. The van der Waals surface area contributed by atoms with Gasteiger partial charge in [0, 0.05) is 27.5 Å². The van der Waals surface area contributed by atoms with Gasteiger partial charge in [-0.3, -0.25) is 4.79 Å². The molecule has 2 aromatic carbocycles. The van der Waals surface area contributed by atoms with Crippen LogP contribution in [0.3, 0.4) is 0 Å². The highest BCUT2D eigenvalue weighted by Gasteiger charge is 2.26. The summed E-state index contributed by atoms with van der Waals surface area (Å²) in [5.74, 6) is -0.875. The molecule has 1 aliphatic rings. The van der Waals surface area contributed by atoms with E-state index in [1.165, 1.54) is 0 Å². The number of fused-ring (bicyclic) bond motifs is 4. The van der Waals surface area contributed by atoms with E-state index in [9.17, 15) is 19.8 Å². The van der Waals surface area contributed by atoms with Gasteiger partial charge < -0.3 is 19.0 Å². The third-order valence-corrected chi connectivity index (χ3v) is 5.36. The second-order valence-corrected chi connectivity index (χ2v) is 7.03. The molecule has 6 nitrogen and oxygen atoms in total. The first-order valence-corrected chi connectivity index (χ1v) is 9.07. The molecule has 0 fully saturated rings. The van der Waals surface area contributed by atoms with Crippen LogP contribution in [0.5, 0.6) is 5.75 Å². The molecule has 0 aliphatic heterocycles. The Balaban J connectivity index is 1.91. The number of phenols is 1. The van der Waals surface area contributed by atoms with Gasteiger partial charge in [-0.25, -0.2) is 4.79 Å². The van der Waals surface area contributed by atoms with Crippen LogP contribution >= 0.6 is 0 Å². The van der Waals surface area contributed by atoms with Crippen molar-refractivity contribution in [3.05, 3.63) is 63.5 Å². The van der Waals surface area contributed by atoms with Crippen LogP contribution in [0, 0.1) is 0 Å². The fourth-order valence-corrected chi connectivity index (χ4v) is 4.14. The van der Waals surface area contributed by atoms with E-state index in [-0.39, 0.29) is 23.3 Å². The van der Waals surface area contributed by atoms with Crippen molar-refractivity contribution in [2.45, 2.75) is 25.7 Å². The molecule has 0 amide bonds. The van der Waals surface area contributed by atoms with Crippen molar-refractivity contribution >= 4 is 27.9 Å². The average Bonchev–Trinajstić information content (AvgIpc) is 3.30. The monoisotopic (exact) mass is 376 g/mol. The van der Waals surface area contributed by atoms with Crippen LogP contribution in [0.1, 0.15) is 23.1 Å². The third-order valence-electron chi connectivity index (χ3n) is 5.36. The number of carboxylic acid groups (broad SMARTS) is 1. The fraction of sp³-hybridized carbons (Fsp3) is 0.182. The number of benzene rings is 2. The highest BCUT2D eigenvalue weighted by molar-refractivity contribution is 6.05. The van der Waals surface area contributed by atoms with E-state index >= 15 is 0 Å². The Kier molecular flexibility index (Phi) is 3.55. The number of hydrogen-bond donors (Lipinski definition) is 2. The zero-order valence-electron chi connectivity index (χ0n) is 14.8. The van der Waals surface area contributed by atoms with E-state index in [4.69, 9.17) is 8.83 Å².